The average molecular weight is 181 g/mol. The number of aliphatic hydroxyl groups is 1. The van der Waals surface area contributed by atoms with Crippen molar-refractivity contribution in [1.82, 2.24) is 4.90 Å². The summed E-state index contributed by atoms with van der Waals surface area (Å²) in [5, 5.41) is 8.53. The van der Waals surface area contributed by atoms with Crippen molar-refractivity contribution in [2.75, 3.05) is 19.7 Å². The Morgan fingerprint density at radius 1 is 1.38 bits per heavy atom. The molecule has 1 N–H and O–H groups in total. The van der Waals surface area contributed by atoms with Gasteiger partial charge in [0.2, 0.25) is 0 Å². The quantitative estimate of drug-likeness (QED) is 0.648. The van der Waals surface area contributed by atoms with Gasteiger partial charge in [0.1, 0.15) is 6.61 Å². The lowest BCUT2D eigenvalue weighted by Gasteiger charge is -2.33. The lowest BCUT2D eigenvalue weighted by Crippen LogP contribution is -2.38. The Hall–Kier alpha value is -0.520. The fourth-order valence-electron chi connectivity index (χ4n) is 1.95. The van der Waals surface area contributed by atoms with Crippen molar-refractivity contribution < 1.29 is 5.11 Å². The van der Waals surface area contributed by atoms with Crippen molar-refractivity contribution >= 4 is 0 Å². The van der Waals surface area contributed by atoms with Gasteiger partial charge in [0.15, 0.2) is 0 Å². The predicted molar refractivity (Wildman–Crippen MR) is 54.4 cm³/mol. The van der Waals surface area contributed by atoms with E-state index in [0.717, 1.165) is 13.0 Å². The summed E-state index contributed by atoms with van der Waals surface area (Å²) in [6, 6.07) is 0.637. The number of rotatable bonds is 2. The van der Waals surface area contributed by atoms with E-state index in [-0.39, 0.29) is 6.61 Å². The van der Waals surface area contributed by atoms with Crippen LogP contribution in [0.4, 0.5) is 0 Å². The Morgan fingerprint density at radius 3 is 2.92 bits per heavy atom. The second-order valence-electron chi connectivity index (χ2n) is 3.49. The van der Waals surface area contributed by atoms with Crippen LogP contribution in [-0.2, 0) is 0 Å². The van der Waals surface area contributed by atoms with Crippen LogP contribution in [0.1, 0.15) is 32.6 Å². The van der Waals surface area contributed by atoms with Crippen molar-refractivity contribution in [3.05, 3.63) is 0 Å². The average Bonchev–Trinajstić information content (AvgIpc) is 2.19. The van der Waals surface area contributed by atoms with E-state index in [1.54, 1.807) is 0 Å². The first kappa shape index (κ1) is 10.6. The minimum Gasteiger partial charge on any atom is -0.384 e. The lowest BCUT2D eigenvalue weighted by atomic mass is 10.00. The van der Waals surface area contributed by atoms with Gasteiger partial charge in [0, 0.05) is 12.5 Å². The van der Waals surface area contributed by atoms with Gasteiger partial charge in [-0.05, 0) is 25.9 Å². The predicted octanol–water partition coefficient (Wildman–Crippen LogP) is 1.25. The van der Waals surface area contributed by atoms with E-state index in [2.05, 4.69) is 23.7 Å². The Bertz CT molecular complexity index is 192. The molecule has 74 valence electrons. The Balaban J connectivity index is 2.35. The van der Waals surface area contributed by atoms with E-state index >= 15 is 0 Å². The molecule has 2 heteroatoms. The van der Waals surface area contributed by atoms with E-state index in [1.165, 1.54) is 25.8 Å². The minimum atomic E-state index is -0.00115. The van der Waals surface area contributed by atoms with Crippen LogP contribution in [0, 0.1) is 11.8 Å². The van der Waals surface area contributed by atoms with Crippen LogP contribution in [0.15, 0.2) is 0 Å². The van der Waals surface area contributed by atoms with Gasteiger partial charge in [0.05, 0.1) is 0 Å². The topological polar surface area (TPSA) is 23.5 Å². The number of piperidine rings is 1. The van der Waals surface area contributed by atoms with Crippen LogP contribution in [0.2, 0.25) is 0 Å². The van der Waals surface area contributed by atoms with Crippen LogP contribution in [0.3, 0.4) is 0 Å². The van der Waals surface area contributed by atoms with E-state index in [1.807, 2.05) is 0 Å². The molecule has 0 spiro atoms. The zero-order valence-electron chi connectivity index (χ0n) is 8.42. The highest BCUT2D eigenvalue weighted by Gasteiger charge is 2.19. The first-order valence-electron chi connectivity index (χ1n) is 5.19. The summed E-state index contributed by atoms with van der Waals surface area (Å²) in [5.74, 6) is 5.75. The maximum Gasteiger partial charge on any atom is 0.104 e. The first-order valence-corrected chi connectivity index (χ1v) is 5.19. The van der Waals surface area contributed by atoms with Crippen molar-refractivity contribution in [2.45, 2.75) is 38.6 Å². The summed E-state index contributed by atoms with van der Waals surface area (Å²) in [6.45, 7) is 4.56. The molecule has 0 radical (unpaired) electrons. The highest BCUT2D eigenvalue weighted by molar-refractivity contribution is 5.01. The summed E-state index contributed by atoms with van der Waals surface area (Å²) >= 11 is 0. The van der Waals surface area contributed by atoms with Gasteiger partial charge >= 0.3 is 0 Å². The Morgan fingerprint density at radius 2 is 2.23 bits per heavy atom. The molecule has 0 aromatic rings. The second kappa shape index (κ2) is 6.01. The highest BCUT2D eigenvalue weighted by Crippen LogP contribution is 2.18. The molecular weight excluding hydrogens is 162 g/mol. The fourth-order valence-corrected chi connectivity index (χ4v) is 1.95. The van der Waals surface area contributed by atoms with Crippen molar-refractivity contribution in [3.63, 3.8) is 0 Å². The van der Waals surface area contributed by atoms with Crippen LogP contribution < -0.4 is 0 Å². The van der Waals surface area contributed by atoms with E-state index in [9.17, 15) is 0 Å². The molecule has 1 aliphatic rings. The van der Waals surface area contributed by atoms with Gasteiger partial charge in [-0.15, -0.1) is 0 Å². The number of aliphatic hydroxyl groups excluding tert-OH is 1. The normalized spacial score (nSPS) is 23.7. The summed E-state index contributed by atoms with van der Waals surface area (Å²) < 4.78 is 0. The zero-order valence-corrected chi connectivity index (χ0v) is 8.42. The van der Waals surface area contributed by atoms with E-state index in [0.29, 0.717) is 6.04 Å². The molecule has 0 amide bonds. The van der Waals surface area contributed by atoms with Crippen LogP contribution in [0.5, 0.6) is 0 Å². The van der Waals surface area contributed by atoms with Crippen molar-refractivity contribution in [2.24, 2.45) is 0 Å². The largest absolute Gasteiger partial charge is 0.384 e. The Kier molecular flexibility index (Phi) is 4.88. The second-order valence-corrected chi connectivity index (χ2v) is 3.49. The zero-order chi connectivity index (χ0) is 9.52. The van der Waals surface area contributed by atoms with Crippen molar-refractivity contribution in [3.8, 4) is 11.8 Å². The molecule has 2 nitrogen and oxygen atoms in total. The minimum absolute atomic E-state index is 0.00115. The SMILES string of the molecule is CCN1CCCCC1CC#CCO. The highest BCUT2D eigenvalue weighted by atomic mass is 16.2. The smallest absolute Gasteiger partial charge is 0.104 e. The molecule has 1 aliphatic heterocycles. The number of hydrogen-bond donors (Lipinski definition) is 1. The summed E-state index contributed by atoms with van der Waals surface area (Å²) in [4.78, 5) is 2.50. The van der Waals surface area contributed by atoms with Crippen molar-refractivity contribution in [1.29, 1.82) is 0 Å². The van der Waals surface area contributed by atoms with Crippen LogP contribution in [-0.4, -0.2) is 35.7 Å². The molecule has 1 heterocycles. The maximum absolute atomic E-state index is 8.53. The maximum atomic E-state index is 8.53. The van der Waals surface area contributed by atoms with Gasteiger partial charge < -0.3 is 5.11 Å². The number of nitrogens with zero attached hydrogens (tertiary/aromatic N) is 1. The third-order valence-electron chi connectivity index (χ3n) is 2.70. The van der Waals surface area contributed by atoms with Gasteiger partial charge in [-0.1, -0.05) is 25.2 Å². The van der Waals surface area contributed by atoms with Gasteiger partial charge in [-0.25, -0.2) is 0 Å². The molecule has 13 heavy (non-hydrogen) atoms. The third-order valence-corrected chi connectivity index (χ3v) is 2.70. The standard InChI is InChI=1S/C11H19NO/c1-2-12-9-5-3-7-11(12)8-4-6-10-13/h11,13H,2-3,5,7-10H2,1H3. The molecule has 1 fully saturated rings. The van der Waals surface area contributed by atoms with Gasteiger partial charge in [0.25, 0.3) is 0 Å². The fraction of sp³-hybridized carbons (Fsp3) is 0.818. The molecule has 0 aromatic carbocycles. The number of likely N-dealkylation sites (tertiary alicyclic amines) is 1. The number of hydrogen-bond acceptors (Lipinski definition) is 2. The summed E-state index contributed by atoms with van der Waals surface area (Å²) in [7, 11) is 0. The van der Waals surface area contributed by atoms with Crippen LogP contribution in [0.25, 0.3) is 0 Å². The van der Waals surface area contributed by atoms with Gasteiger partial charge in [-0.3, -0.25) is 4.90 Å². The third kappa shape index (κ3) is 3.38. The molecule has 0 bridgehead atoms. The molecule has 0 aromatic heterocycles. The van der Waals surface area contributed by atoms with E-state index in [4.69, 9.17) is 5.11 Å². The first-order chi connectivity index (χ1) is 6.38. The lowest BCUT2D eigenvalue weighted by molar-refractivity contribution is 0.159. The molecule has 0 saturated carbocycles. The molecule has 1 rings (SSSR count). The monoisotopic (exact) mass is 181 g/mol. The molecule has 1 saturated heterocycles. The summed E-state index contributed by atoms with van der Waals surface area (Å²) in [5.41, 5.74) is 0. The Labute approximate surface area is 80.9 Å². The molecule has 1 unspecified atom stereocenters. The summed E-state index contributed by atoms with van der Waals surface area (Å²) in [6.07, 6.45) is 4.86. The molecule has 1 atom stereocenters. The molecule has 0 aliphatic carbocycles. The van der Waals surface area contributed by atoms with E-state index < -0.39 is 0 Å². The van der Waals surface area contributed by atoms with Crippen LogP contribution >= 0.6 is 0 Å². The molecular formula is C11H19NO. The van der Waals surface area contributed by atoms with Gasteiger partial charge in [-0.2, -0.15) is 0 Å².